The maximum absolute atomic E-state index is 13.1. The van der Waals surface area contributed by atoms with Gasteiger partial charge in [0.05, 0.1) is 13.2 Å². The number of rotatable bonds is 11. The molecule has 3 amide bonds. The fraction of sp³-hybridized carbons (Fsp3) is 0.409. The lowest BCUT2D eigenvalue weighted by molar-refractivity contribution is -0.141. The van der Waals surface area contributed by atoms with E-state index in [1.165, 1.54) is 4.90 Å². The monoisotopic (exact) mass is 431 g/mol. The fourth-order valence-electron chi connectivity index (χ4n) is 2.88. The summed E-state index contributed by atoms with van der Waals surface area (Å²) in [6, 6.07) is 13.3. The minimum absolute atomic E-state index is 0.0549. The van der Waals surface area contributed by atoms with Crippen LogP contribution in [0.2, 0.25) is 0 Å². The Labute approximate surface area is 181 Å². The summed E-state index contributed by atoms with van der Waals surface area (Å²) in [7, 11) is 0. The lowest BCUT2D eigenvalue weighted by Crippen LogP contribution is -2.47. The van der Waals surface area contributed by atoms with Crippen LogP contribution < -0.4 is 5.32 Å². The number of hydrogen-bond acceptors (Lipinski definition) is 5. The summed E-state index contributed by atoms with van der Waals surface area (Å²) in [6.45, 7) is 4.98. The summed E-state index contributed by atoms with van der Waals surface area (Å²) in [5, 5.41) is 4.51. The molecule has 0 spiro atoms. The van der Waals surface area contributed by atoms with Gasteiger partial charge in [-0.1, -0.05) is 43.3 Å². The molecular formula is C22H29N3O4S. The van der Waals surface area contributed by atoms with Crippen LogP contribution in [0.5, 0.6) is 0 Å². The smallest absolute Gasteiger partial charge is 0.325 e. The number of amides is 3. The Morgan fingerprint density at radius 1 is 1.00 bits per heavy atom. The molecule has 30 heavy (non-hydrogen) atoms. The maximum Gasteiger partial charge on any atom is 0.325 e. The summed E-state index contributed by atoms with van der Waals surface area (Å²) in [5.41, 5.74) is 1.02. The Kier molecular flexibility index (Phi) is 9.86. The molecule has 2 aromatic rings. The molecule has 0 saturated heterocycles. The lowest BCUT2D eigenvalue weighted by atomic mass is 10.2. The summed E-state index contributed by atoms with van der Waals surface area (Å²) in [5.74, 6) is -0.649. The first kappa shape index (κ1) is 23.4. The standard InChI is InChI=1S/C22H29N3O4S/c1-3-12-24(22(28)23-14-21(27)29-4-2)17-20(26)25(16-19-11-8-13-30-19)15-18-9-6-5-7-10-18/h5-11,13H,3-4,12,14-17H2,1-2H3,(H,23,28). The van der Waals surface area contributed by atoms with Gasteiger partial charge in [0.1, 0.15) is 13.1 Å². The molecule has 0 radical (unpaired) electrons. The van der Waals surface area contributed by atoms with Crippen molar-refractivity contribution in [3.05, 3.63) is 58.3 Å². The van der Waals surface area contributed by atoms with Crippen molar-refractivity contribution in [3.63, 3.8) is 0 Å². The molecule has 0 atom stereocenters. The van der Waals surface area contributed by atoms with Crippen LogP contribution in [-0.2, 0) is 27.4 Å². The van der Waals surface area contributed by atoms with Gasteiger partial charge in [-0.3, -0.25) is 9.59 Å². The van der Waals surface area contributed by atoms with Gasteiger partial charge in [0.15, 0.2) is 0 Å². The van der Waals surface area contributed by atoms with Gasteiger partial charge in [-0.2, -0.15) is 0 Å². The largest absolute Gasteiger partial charge is 0.465 e. The van der Waals surface area contributed by atoms with Gasteiger partial charge in [0.2, 0.25) is 5.91 Å². The van der Waals surface area contributed by atoms with Crippen molar-refractivity contribution < 1.29 is 19.1 Å². The number of esters is 1. The third-order valence-corrected chi connectivity index (χ3v) is 5.15. The molecule has 162 valence electrons. The Balaban J connectivity index is 2.05. The number of hydrogen-bond donors (Lipinski definition) is 1. The van der Waals surface area contributed by atoms with Crippen molar-refractivity contribution in [2.45, 2.75) is 33.4 Å². The average Bonchev–Trinajstić information content (AvgIpc) is 3.25. The van der Waals surface area contributed by atoms with Crippen molar-refractivity contribution in [2.75, 3.05) is 26.2 Å². The zero-order valence-electron chi connectivity index (χ0n) is 17.5. The summed E-state index contributed by atoms with van der Waals surface area (Å²) < 4.78 is 4.83. The van der Waals surface area contributed by atoms with E-state index in [4.69, 9.17) is 4.74 Å². The van der Waals surface area contributed by atoms with Gasteiger partial charge in [-0.15, -0.1) is 11.3 Å². The van der Waals surface area contributed by atoms with Crippen molar-refractivity contribution in [2.24, 2.45) is 0 Å². The Hall–Kier alpha value is -2.87. The van der Waals surface area contributed by atoms with E-state index in [2.05, 4.69) is 5.32 Å². The normalized spacial score (nSPS) is 10.3. The second-order valence-corrected chi connectivity index (χ2v) is 7.73. The van der Waals surface area contributed by atoms with Crippen molar-refractivity contribution >= 4 is 29.2 Å². The summed E-state index contributed by atoms with van der Waals surface area (Å²) in [6.07, 6.45) is 0.698. The highest BCUT2D eigenvalue weighted by molar-refractivity contribution is 7.09. The second kappa shape index (κ2) is 12.6. The van der Waals surface area contributed by atoms with Gasteiger partial charge in [-0.05, 0) is 30.4 Å². The Morgan fingerprint density at radius 2 is 1.77 bits per heavy atom. The zero-order chi connectivity index (χ0) is 21.8. The van der Waals surface area contributed by atoms with Gasteiger partial charge in [0, 0.05) is 18.0 Å². The van der Waals surface area contributed by atoms with E-state index in [0.29, 0.717) is 26.1 Å². The number of nitrogens with one attached hydrogen (secondary N) is 1. The van der Waals surface area contributed by atoms with Crippen LogP contribution >= 0.6 is 11.3 Å². The molecule has 0 aliphatic rings. The highest BCUT2D eigenvalue weighted by Gasteiger charge is 2.22. The predicted molar refractivity (Wildman–Crippen MR) is 117 cm³/mol. The van der Waals surface area contributed by atoms with Crippen LogP contribution in [-0.4, -0.2) is 53.9 Å². The number of ether oxygens (including phenoxy) is 1. The molecule has 0 unspecified atom stereocenters. The lowest BCUT2D eigenvalue weighted by Gasteiger charge is -2.27. The minimum Gasteiger partial charge on any atom is -0.465 e. The number of nitrogens with zero attached hydrogens (tertiary/aromatic N) is 2. The predicted octanol–water partition coefficient (Wildman–Crippen LogP) is 3.26. The molecule has 7 nitrogen and oxygen atoms in total. The van der Waals surface area contributed by atoms with Gasteiger partial charge in [-0.25, -0.2) is 4.79 Å². The molecule has 1 N–H and O–H groups in total. The van der Waals surface area contributed by atoms with E-state index < -0.39 is 12.0 Å². The molecule has 0 fully saturated rings. The first-order valence-electron chi connectivity index (χ1n) is 10.1. The quantitative estimate of drug-likeness (QED) is 0.554. The average molecular weight is 432 g/mol. The highest BCUT2D eigenvalue weighted by atomic mass is 32.1. The Morgan fingerprint density at radius 3 is 2.40 bits per heavy atom. The van der Waals surface area contributed by atoms with Gasteiger partial charge in [0.25, 0.3) is 0 Å². The van der Waals surface area contributed by atoms with Crippen molar-refractivity contribution in [1.82, 2.24) is 15.1 Å². The SMILES string of the molecule is CCCN(CC(=O)N(Cc1ccccc1)Cc1cccs1)C(=O)NCC(=O)OCC. The minimum atomic E-state index is -0.503. The molecule has 1 heterocycles. The number of urea groups is 1. The van der Waals surface area contributed by atoms with E-state index in [1.54, 1.807) is 23.2 Å². The fourth-order valence-corrected chi connectivity index (χ4v) is 3.60. The van der Waals surface area contributed by atoms with Crippen LogP contribution in [0.15, 0.2) is 47.8 Å². The van der Waals surface area contributed by atoms with E-state index in [-0.39, 0.29) is 25.6 Å². The third kappa shape index (κ3) is 7.87. The van der Waals surface area contributed by atoms with E-state index >= 15 is 0 Å². The van der Waals surface area contributed by atoms with Crippen molar-refractivity contribution in [3.8, 4) is 0 Å². The van der Waals surface area contributed by atoms with Crippen LogP contribution in [0.4, 0.5) is 4.79 Å². The van der Waals surface area contributed by atoms with E-state index in [0.717, 1.165) is 10.4 Å². The molecule has 2 rings (SSSR count). The first-order chi connectivity index (χ1) is 14.5. The molecule has 0 aliphatic heterocycles. The topological polar surface area (TPSA) is 79.0 Å². The third-order valence-electron chi connectivity index (χ3n) is 4.29. The maximum atomic E-state index is 13.1. The Bertz CT molecular complexity index is 796. The van der Waals surface area contributed by atoms with Crippen molar-refractivity contribution in [1.29, 1.82) is 0 Å². The van der Waals surface area contributed by atoms with E-state index in [1.807, 2.05) is 54.8 Å². The molecule has 8 heteroatoms. The number of benzene rings is 1. The second-order valence-electron chi connectivity index (χ2n) is 6.70. The van der Waals surface area contributed by atoms with Crippen LogP contribution in [0.1, 0.15) is 30.7 Å². The number of carbonyl (C=O) groups excluding carboxylic acids is 3. The number of carbonyl (C=O) groups is 3. The summed E-state index contributed by atoms with van der Waals surface area (Å²) in [4.78, 5) is 41.4. The van der Waals surface area contributed by atoms with Crippen LogP contribution in [0, 0.1) is 0 Å². The molecule has 1 aromatic heterocycles. The molecule has 0 aliphatic carbocycles. The van der Waals surface area contributed by atoms with Gasteiger partial charge >= 0.3 is 12.0 Å². The van der Waals surface area contributed by atoms with E-state index in [9.17, 15) is 14.4 Å². The molecule has 0 bridgehead atoms. The van der Waals surface area contributed by atoms with Crippen LogP contribution in [0.25, 0.3) is 0 Å². The number of thiophene rings is 1. The zero-order valence-corrected chi connectivity index (χ0v) is 18.3. The molecular weight excluding hydrogens is 402 g/mol. The summed E-state index contributed by atoms with van der Waals surface area (Å²) >= 11 is 1.59. The van der Waals surface area contributed by atoms with Crippen LogP contribution in [0.3, 0.4) is 0 Å². The molecule has 1 aromatic carbocycles. The first-order valence-corrected chi connectivity index (χ1v) is 10.9. The van der Waals surface area contributed by atoms with Gasteiger partial charge < -0.3 is 19.9 Å². The molecule has 0 saturated carbocycles. The highest BCUT2D eigenvalue weighted by Crippen LogP contribution is 2.15.